The summed E-state index contributed by atoms with van der Waals surface area (Å²) >= 11 is 0. The molecular weight excluding hydrogens is 243 g/mol. The van der Waals surface area contributed by atoms with Crippen molar-refractivity contribution in [1.82, 2.24) is 0 Å². The van der Waals surface area contributed by atoms with Crippen LogP contribution in [0.25, 0.3) is 0 Å². The molecule has 0 radical (unpaired) electrons. The molecule has 0 spiro atoms. The molecule has 78 valence electrons. The number of hydrogen-bond acceptors (Lipinski definition) is 4. The molecule has 6 heteroatoms. The maximum Gasteiger partial charge on any atom is 1.00 e. The van der Waals surface area contributed by atoms with Gasteiger partial charge in [-0.05, 0) is 18.6 Å². The average molecular weight is 254 g/mol. The molecule has 0 amide bonds. The second kappa shape index (κ2) is 7.78. The molecule has 1 aromatic carbocycles. The molecule has 1 rings (SSSR count). The van der Waals surface area contributed by atoms with Gasteiger partial charge in [0.2, 0.25) is 0 Å². The Bertz CT molecular complexity index is 363. The molecule has 0 aliphatic heterocycles. The molecule has 15 heavy (non-hydrogen) atoms. The summed E-state index contributed by atoms with van der Waals surface area (Å²) in [6.45, 7) is 0.242. The minimum atomic E-state index is -4.11. The van der Waals surface area contributed by atoms with Gasteiger partial charge in [-0.2, -0.15) is 0 Å². The van der Waals surface area contributed by atoms with Crippen molar-refractivity contribution < 1.29 is 69.1 Å². The van der Waals surface area contributed by atoms with Crippen LogP contribution >= 0.6 is 0 Å². The third-order valence-electron chi connectivity index (χ3n) is 1.55. The van der Waals surface area contributed by atoms with Crippen LogP contribution in [-0.2, 0) is 10.1 Å². The maximum absolute atomic E-state index is 10.2. The topological polar surface area (TPSA) is 66.4 Å². The van der Waals surface area contributed by atoms with Gasteiger partial charge in [-0.15, -0.1) is 0 Å². The van der Waals surface area contributed by atoms with E-state index in [2.05, 4.69) is 0 Å². The molecule has 0 fully saturated rings. The predicted octanol–water partition coefficient (Wildman–Crippen LogP) is -2.00. The normalized spacial score (nSPS) is 10.5. The number of hydrogen-bond donors (Lipinski definition) is 0. The first-order valence-electron chi connectivity index (χ1n) is 4.19. The first-order chi connectivity index (χ1) is 6.58. The number of para-hydroxylation sites is 1. The monoisotopic (exact) mass is 254 g/mol. The van der Waals surface area contributed by atoms with Gasteiger partial charge < -0.3 is 9.29 Å². The third-order valence-corrected chi connectivity index (χ3v) is 2.34. The Labute approximate surface area is 132 Å². The van der Waals surface area contributed by atoms with Crippen molar-refractivity contribution in [3.05, 3.63) is 30.3 Å². The fourth-order valence-electron chi connectivity index (χ4n) is 0.942. The van der Waals surface area contributed by atoms with Gasteiger partial charge >= 0.3 is 51.4 Å². The van der Waals surface area contributed by atoms with E-state index in [-0.39, 0.29) is 70.2 Å². The Morgan fingerprint density at radius 2 is 1.80 bits per heavy atom. The first kappa shape index (κ1) is 15.6. The van der Waals surface area contributed by atoms with E-state index < -0.39 is 10.1 Å². The second-order valence-electron chi connectivity index (χ2n) is 2.78. The van der Waals surface area contributed by atoms with Gasteiger partial charge in [-0.1, -0.05) is 18.2 Å². The van der Waals surface area contributed by atoms with Crippen molar-refractivity contribution in [1.29, 1.82) is 0 Å². The summed E-state index contributed by atoms with van der Waals surface area (Å²) in [7, 11) is -4.11. The van der Waals surface area contributed by atoms with Crippen LogP contribution in [0, 0.1) is 0 Å². The van der Waals surface area contributed by atoms with Crippen molar-refractivity contribution in [3.8, 4) is 5.75 Å². The molecule has 4 nitrogen and oxygen atoms in total. The SMILES string of the molecule is O=S(=O)([O-])CCCOc1ccccc1.[K+]. The summed E-state index contributed by atoms with van der Waals surface area (Å²) in [6, 6.07) is 9.03. The Hall–Kier alpha value is 0.566. The molecule has 0 aliphatic carbocycles. The van der Waals surface area contributed by atoms with Crippen LogP contribution < -0.4 is 56.1 Å². The van der Waals surface area contributed by atoms with Gasteiger partial charge in [0.05, 0.1) is 16.7 Å². The van der Waals surface area contributed by atoms with E-state index in [0.717, 1.165) is 0 Å². The Balaban J connectivity index is 0.00000196. The number of rotatable bonds is 5. The van der Waals surface area contributed by atoms with Gasteiger partial charge in [0.15, 0.2) is 0 Å². The van der Waals surface area contributed by atoms with Gasteiger partial charge in [-0.3, -0.25) is 0 Å². The number of benzene rings is 1. The smallest absolute Gasteiger partial charge is 0.748 e. The summed E-state index contributed by atoms with van der Waals surface area (Å²) in [4.78, 5) is 0. The van der Waals surface area contributed by atoms with Gasteiger partial charge in [0.25, 0.3) is 0 Å². The zero-order valence-electron chi connectivity index (χ0n) is 8.55. The van der Waals surface area contributed by atoms with Crippen LogP contribution in [0.4, 0.5) is 0 Å². The Morgan fingerprint density at radius 1 is 1.20 bits per heavy atom. The van der Waals surface area contributed by atoms with Crippen molar-refractivity contribution in [2.24, 2.45) is 0 Å². The quantitative estimate of drug-likeness (QED) is 0.346. The summed E-state index contributed by atoms with van der Waals surface area (Å²) in [5.41, 5.74) is 0. The van der Waals surface area contributed by atoms with Crippen LogP contribution in [0.1, 0.15) is 6.42 Å². The molecule has 0 saturated carbocycles. The van der Waals surface area contributed by atoms with E-state index in [1.165, 1.54) is 0 Å². The molecular formula is C9H11KO4S. The summed E-state index contributed by atoms with van der Waals surface area (Å²) in [5, 5.41) is 0. The Morgan fingerprint density at radius 3 is 2.33 bits per heavy atom. The van der Waals surface area contributed by atoms with Crippen LogP contribution in [0.5, 0.6) is 5.75 Å². The zero-order valence-corrected chi connectivity index (χ0v) is 12.5. The van der Waals surface area contributed by atoms with Crippen LogP contribution in [0.15, 0.2) is 30.3 Å². The van der Waals surface area contributed by atoms with Crippen molar-refractivity contribution in [3.63, 3.8) is 0 Å². The largest absolute Gasteiger partial charge is 1.00 e. The Kier molecular flexibility index (Phi) is 8.07. The molecule has 0 aromatic heterocycles. The van der Waals surface area contributed by atoms with Gasteiger partial charge in [0.1, 0.15) is 5.75 Å². The van der Waals surface area contributed by atoms with Gasteiger partial charge in [-0.25, -0.2) is 8.42 Å². The van der Waals surface area contributed by atoms with Crippen molar-refractivity contribution in [2.75, 3.05) is 12.4 Å². The van der Waals surface area contributed by atoms with Crippen LogP contribution in [0.3, 0.4) is 0 Å². The predicted molar refractivity (Wildman–Crippen MR) is 51.1 cm³/mol. The molecule has 0 heterocycles. The average Bonchev–Trinajstić information content (AvgIpc) is 2.13. The fraction of sp³-hybridized carbons (Fsp3) is 0.333. The van der Waals surface area contributed by atoms with E-state index in [1.54, 1.807) is 12.1 Å². The van der Waals surface area contributed by atoms with Gasteiger partial charge in [0, 0.05) is 5.75 Å². The van der Waals surface area contributed by atoms with E-state index in [4.69, 9.17) is 4.74 Å². The molecule has 0 aliphatic rings. The standard InChI is InChI=1S/C9H12O4S.K/c10-14(11,12)8-4-7-13-9-5-2-1-3-6-9;/h1-3,5-6H,4,7-8H2,(H,10,11,12);/q;+1/p-1. The molecule has 0 N–H and O–H groups in total. The van der Waals surface area contributed by atoms with E-state index in [1.807, 2.05) is 18.2 Å². The molecule has 0 bridgehead atoms. The summed E-state index contributed by atoms with van der Waals surface area (Å²) in [6.07, 6.45) is 0.223. The zero-order chi connectivity index (χ0) is 10.4. The van der Waals surface area contributed by atoms with Crippen LogP contribution in [0.2, 0.25) is 0 Å². The molecule has 0 atom stereocenters. The van der Waals surface area contributed by atoms with E-state index >= 15 is 0 Å². The summed E-state index contributed by atoms with van der Waals surface area (Å²) in [5.74, 6) is 0.301. The molecule has 0 unspecified atom stereocenters. The summed E-state index contributed by atoms with van der Waals surface area (Å²) < 4.78 is 35.9. The second-order valence-corrected chi connectivity index (χ2v) is 4.30. The first-order valence-corrected chi connectivity index (χ1v) is 5.77. The molecule has 1 aromatic rings. The van der Waals surface area contributed by atoms with Crippen molar-refractivity contribution in [2.45, 2.75) is 6.42 Å². The van der Waals surface area contributed by atoms with Crippen molar-refractivity contribution >= 4 is 10.1 Å². The minimum absolute atomic E-state index is 0. The fourth-order valence-corrected chi connectivity index (χ4v) is 1.41. The van der Waals surface area contributed by atoms with E-state index in [9.17, 15) is 13.0 Å². The third kappa shape index (κ3) is 8.38. The minimum Gasteiger partial charge on any atom is -0.748 e. The maximum atomic E-state index is 10.2. The van der Waals surface area contributed by atoms with Crippen LogP contribution in [-0.4, -0.2) is 25.3 Å². The molecule has 0 saturated heterocycles. The van der Waals surface area contributed by atoms with E-state index in [0.29, 0.717) is 5.75 Å². The number of ether oxygens (including phenoxy) is 1.